The summed E-state index contributed by atoms with van der Waals surface area (Å²) in [4.78, 5) is 11.3. The summed E-state index contributed by atoms with van der Waals surface area (Å²) in [5.41, 5.74) is 1.01. The standard InChI is InChI=1S/C13H22N4/c1-10-4-5-17(9-11(10)2)13-8-15-7-12(16-13)6-14-3/h7-8,10-11,14H,4-6,9H2,1-3H3. The average molecular weight is 234 g/mol. The average Bonchev–Trinajstić information content (AvgIpc) is 2.33. The van der Waals surface area contributed by atoms with Gasteiger partial charge in [0.1, 0.15) is 5.82 Å². The van der Waals surface area contributed by atoms with Gasteiger partial charge in [0.2, 0.25) is 0 Å². The fourth-order valence-corrected chi connectivity index (χ4v) is 2.28. The van der Waals surface area contributed by atoms with Gasteiger partial charge >= 0.3 is 0 Å². The number of nitrogens with zero attached hydrogens (tertiary/aromatic N) is 3. The molecule has 1 saturated heterocycles. The Morgan fingerprint density at radius 1 is 1.35 bits per heavy atom. The first-order valence-corrected chi connectivity index (χ1v) is 6.41. The lowest BCUT2D eigenvalue weighted by atomic mass is 9.89. The summed E-state index contributed by atoms with van der Waals surface area (Å²) in [6.07, 6.45) is 4.96. The predicted molar refractivity (Wildman–Crippen MR) is 70.0 cm³/mol. The molecule has 2 unspecified atom stereocenters. The van der Waals surface area contributed by atoms with Crippen LogP contribution in [-0.4, -0.2) is 30.1 Å². The molecule has 2 heterocycles. The highest BCUT2D eigenvalue weighted by atomic mass is 15.2. The second kappa shape index (κ2) is 5.45. The van der Waals surface area contributed by atoms with Crippen molar-refractivity contribution >= 4 is 5.82 Å². The maximum absolute atomic E-state index is 4.65. The van der Waals surface area contributed by atoms with Crippen LogP contribution in [-0.2, 0) is 6.54 Å². The van der Waals surface area contributed by atoms with Crippen molar-refractivity contribution in [1.29, 1.82) is 0 Å². The Kier molecular flexibility index (Phi) is 3.94. The summed E-state index contributed by atoms with van der Waals surface area (Å²) in [5, 5.41) is 3.11. The molecule has 1 aromatic heterocycles. The largest absolute Gasteiger partial charge is 0.355 e. The summed E-state index contributed by atoms with van der Waals surface area (Å²) in [7, 11) is 1.93. The molecule has 0 aromatic carbocycles. The van der Waals surface area contributed by atoms with Crippen molar-refractivity contribution in [2.24, 2.45) is 11.8 Å². The Bertz CT molecular complexity index is 366. The SMILES string of the molecule is CNCc1cncc(N2CCC(C)C(C)C2)n1. The summed E-state index contributed by atoms with van der Waals surface area (Å²) >= 11 is 0. The molecular weight excluding hydrogens is 212 g/mol. The van der Waals surface area contributed by atoms with Crippen LogP contribution in [0.2, 0.25) is 0 Å². The molecule has 0 aliphatic carbocycles. The molecule has 1 aromatic rings. The molecule has 1 N–H and O–H groups in total. The molecule has 1 aliphatic rings. The number of anilines is 1. The molecule has 4 nitrogen and oxygen atoms in total. The van der Waals surface area contributed by atoms with Crippen LogP contribution in [0.4, 0.5) is 5.82 Å². The van der Waals surface area contributed by atoms with Gasteiger partial charge in [-0.2, -0.15) is 0 Å². The molecule has 0 bridgehead atoms. The van der Waals surface area contributed by atoms with Gasteiger partial charge in [-0.05, 0) is 25.3 Å². The van der Waals surface area contributed by atoms with E-state index < -0.39 is 0 Å². The van der Waals surface area contributed by atoms with Gasteiger partial charge in [-0.1, -0.05) is 13.8 Å². The van der Waals surface area contributed by atoms with E-state index in [2.05, 4.69) is 34.0 Å². The molecule has 2 atom stereocenters. The van der Waals surface area contributed by atoms with Crippen LogP contribution in [0.3, 0.4) is 0 Å². The molecule has 0 radical (unpaired) electrons. The molecule has 94 valence electrons. The number of hydrogen-bond acceptors (Lipinski definition) is 4. The Hall–Kier alpha value is -1.16. The third kappa shape index (κ3) is 2.94. The molecular formula is C13H22N4. The van der Waals surface area contributed by atoms with E-state index in [-0.39, 0.29) is 0 Å². The molecule has 1 fully saturated rings. The van der Waals surface area contributed by atoms with Gasteiger partial charge in [-0.3, -0.25) is 4.98 Å². The lowest BCUT2D eigenvalue weighted by molar-refractivity contribution is 0.322. The minimum Gasteiger partial charge on any atom is -0.355 e. The van der Waals surface area contributed by atoms with Crippen LogP contribution in [0.5, 0.6) is 0 Å². The van der Waals surface area contributed by atoms with E-state index in [1.54, 1.807) is 0 Å². The first kappa shape index (κ1) is 12.3. The van der Waals surface area contributed by atoms with Crippen molar-refractivity contribution in [1.82, 2.24) is 15.3 Å². The number of rotatable bonds is 3. The number of nitrogens with one attached hydrogen (secondary N) is 1. The van der Waals surface area contributed by atoms with E-state index in [0.717, 1.165) is 43.0 Å². The zero-order chi connectivity index (χ0) is 12.3. The second-order valence-corrected chi connectivity index (χ2v) is 5.09. The number of aromatic nitrogens is 2. The zero-order valence-corrected chi connectivity index (χ0v) is 11.0. The lowest BCUT2D eigenvalue weighted by Crippen LogP contribution is -2.39. The molecule has 0 saturated carbocycles. The van der Waals surface area contributed by atoms with Crippen molar-refractivity contribution < 1.29 is 0 Å². The predicted octanol–water partition coefficient (Wildman–Crippen LogP) is 1.68. The second-order valence-electron chi connectivity index (χ2n) is 5.09. The monoisotopic (exact) mass is 234 g/mol. The highest BCUT2D eigenvalue weighted by molar-refractivity contribution is 5.37. The summed E-state index contributed by atoms with van der Waals surface area (Å²) < 4.78 is 0. The van der Waals surface area contributed by atoms with E-state index in [1.165, 1.54) is 6.42 Å². The van der Waals surface area contributed by atoms with Crippen LogP contribution in [0.25, 0.3) is 0 Å². The molecule has 17 heavy (non-hydrogen) atoms. The zero-order valence-electron chi connectivity index (χ0n) is 11.0. The lowest BCUT2D eigenvalue weighted by Gasteiger charge is -2.35. The maximum Gasteiger partial charge on any atom is 0.147 e. The Balaban J connectivity index is 2.09. The topological polar surface area (TPSA) is 41.1 Å². The molecule has 0 spiro atoms. The first-order chi connectivity index (χ1) is 8.20. The highest BCUT2D eigenvalue weighted by Crippen LogP contribution is 2.25. The summed E-state index contributed by atoms with van der Waals surface area (Å²) in [5.74, 6) is 2.58. The first-order valence-electron chi connectivity index (χ1n) is 6.41. The van der Waals surface area contributed by atoms with E-state index in [1.807, 2.05) is 19.4 Å². The van der Waals surface area contributed by atoms with E-state index in [4.69, 9.17) is 0 Å². The van der Waals surface area contributed by atoms with Crippen LogP contribution >= 0.6 is 0 Å². The van der Waals surface area contributed by atoms with Crippen molar-refractivity contribution in [2.45, 2.75) is 26.8 Å². The van der Waals surface area contributed by atoms with Gasteiger partial charge in [0, 0.05) is 25.8 Å². The van der Waals surface area contributed by atoms with Crippen molar-refractivity contribution in [3.8, 4) is 0 Å². The highest BCUT2D eigenvalue weighted by Gasteiger charge is 2.23. The van der Waals surface area contributed by atoms with Crippen LogP contribution in [0, 0.1) is 11.8 Å². The summed E-state index contributed by atoms with van der Waals surface area (Å²) in [6, 6.07) is 0. The Morgan fingerprint density at radius 3 is 2.88 bits per heavy atom. The molecule has 0 amide bonds. The smallest absolute Gasteiger partial charge is 0.147 e. The van der Waals surface area contributed by atoms with E-state index in [0.29, 0.717) is 0 Å². The fourth-order valence-electron chi connectivity index (χ4n) is 2.28. The molecule has 2 rings (SSSR count). The Morgan fingerprint density at radius 2 is 2.18 bits per heavy atom. The van der Waals surface area contributed by atoms with Gasteiger partial charge in [0.15, 0.2) is 0 Å². The van der Waals surface area contributed by atoms with Gasteiger partial charge in [-0.25, -0.2) is 4.98 Å². The van der Waals surface area contributed by atoms with Crippen LogP contribution in [0.1, 0.15) is 26.0 Å². The third-order valence-electron chi connectivity index (χ3n) is 3.69. The number of hydrogen-bond donors (Lipinski definition) is 1. The molecule has 4 heteroatoms. The van der Waals surface area contributed by atoms with Crippen LogP contribution in [0.15, 0.2) is 12.4 Å². The van der Waals surface area contributed by atoms with Gasteiger partial charge in [0.25, 0.3) is 0 Å². The van der Waals surface area contributed by atoms with Gasteiger partial charge < -0.3 is 10.2 Å². The Labute approximate surface area is 103 Å². The fraction of sp³-hybridized carbons (Fsp3) is 0.692. The molecule has 1 aliphatic heterocycles. The van der Waals surface area contributed by atoms with Crippen molar-refractivity contribution in [2.75, 3.05) is 25.0 Å². The minimum atomic E-state index is 0.735. The van der Waals surface area contributed by atoms with Gasteiger partial charge in [0.05, 0.1) is 11.9 Å². The normalized spacial score (nSPS) is 25.0. The van der Waals surface area contributed by atoms with Crippen molar-refractivity contribution in [3.63, 3.8) is 0 Å². The van der Waals surface area contributed by atoms with Gasteiger partial charge in [-0.15, -0.1) is 0 Å². The summed E-state index contributed by atoms with van der Waals surface area (Å²) in [6.45, 7) is 7.63. The van der Waals surface area contributed by atoms with E-state index in [9.17, 15) is 0 Å². The minimum absolute atomic E-state index is 0.735. The number of piperidine rings is 1. The van der Waals surface area contributed by atoms with E-state index >= 15 is 0 Å². The van der Waals surface area contributed by atoms with Crippen LogP contribution < -0.4 is 10.2 Å². The van der Waals surface area contributed by atoms with Crippen molar-refractivity contribution in [3.05, 3.63) is 18.1 Å². The quantitative estimate of drug-likeness (QED) is 0.864. The maximum atomic E-state index is 4.65. The third-order valence-corrected chi connectivity index (χ3v) is 3.69.